The number of hydrogen-bond acceptors (Lipinski definition) is 4. The summed E-state index contributed by atoms with van der Waals surface area (Å²) in [6, 6.07) is 13.4. The van der Waals surface area contributed by atoms with Crippen LogP contribution in [0.2, 0.25) is 5.02 Å². The third-order valence-corrected chi connectivity index (χ3v) is 3.47. The molecule has 0 unspecified atom stereocenters. The number of nitrogens with one attached hydrogen (secondary N) is 2. The second-order valence-corrected chi connectivity index (χ2v) is 5.24. The van der Waals surface area contributed by atoms with E-state index < -0.39 is 4.92 Å². The maximum absolute atomic E-state index is 11.8. The van der Waals surface area contributed by atoms with Gasteiger partial charge in [0.15, 0.2) is 0 Å². The molecule has 0 aliphatic heterocycles. The first-order valence-electron chi connectivity index (χ1n) is 7.09. The fourth-order valence-corrected chi connectivity index (χ4v) is 2.21. The molecule has 2 rings (SSSR count). The highest BCUT2D eigenvalue weighted by atomic mass is 35.5. The number of nitro benzene ring substituents is 1. The van der Waals surface area contributed by atoms with Crippen molar-refractivity contribution in [1.82, 2.24) is 0 Å². The zero-order valence-corrected chi connectivity index (χ0v) is 13.0. The SMILES string of the molecule is O=C(CCCNc1ccccc1[N+](=O)[O-])Nc1ccccc1Cl. The fraction of sp³-hybridized carbons (Fsp3) is 0.188. The van der Waals surface area contributed by atoms with Gasteiger partial charge in [0, 0.05) is 19.0 Å². The van der Waals surface area contributed by atoms with Crippen molar-refractivity contribution in [1.29, 1.82) is 0 Å². The number of carbonyl (C=O) groups excluding carboxylic acids is 1. The third kappa shape index (κ3) is 4.96. The summed E-state index contributed by atoms with van der Waals surface area (Å²) in [5.41, 5.74) is 1.04. The van der Waals surface area contributed by atoms with E-state index in [2.05, 4.69) is 10.6 Å². The second kappa shape index (κ2) is 8.14. The Hall–Kier alpha value is -2.60. The predicted octanol–water partition coefficient (Wildman–Crippen LogP) is 4.08. The molecule has 0 heterocycles. The minimum atomic E-state index is -0.438. The van der Waals surface area contributed by atoms with Crippen molar-refractivity contribution in [3.05, 3.63) is 63.7 Å². The molecule has 0 fully saturated rings. The number of benzene rings is 2. The zero-order valence-electron chi connectivity index (χ0n) is 12.3. The highest BCUT2D eigenvalue weighted by Gasteiger charge is 2.11. The number of para-hydroxylation sites is 3. The summed E-state index contributed by atoms with van der Waals surface area (Å²) in [5, 5.41) is 17.1. The van der Waals surface area contributed by atoms with Crippen LogP contribution in [-0.4, -0.2) is 17.4 Å². The largest absolute Gasteiger partial charge is 0.379 e. The molecule has 0 saturated heterocycles. The number of hydrogen-bond donors (Lipinski definition) is 2. The van der Waals surface area contributed by atoms with E-state index in [4.69, 9.17) is 11.6 Å². The average Bonchev–Trinajstić information content (AvgIpc) is 2.54. The summed E-state index contributed by atoms with van der Waals surface area (Å²) in [6.07, 6.45) is 0.835. The van der Waals surface area contributed by atoms with Crippen molar-refractivity contribution >= 4 is 34.6 Å². The van der Waals surface area contributed by atoms with Gasteiger partial charge >= 0.3 is 0 Å². The van der Waals surface area contributed by atoms with Gasteiger partial charge < -0.3 is 10.6 Å². The molecule has 0 spiro atoms. The lowest BCUT2D eigenvalue weighted by molar-refractivity contribution is -0.384. The Balaban J connectivity index is 1.79. The van der Waals surface area contributed by atoms with Gasteiger partial charge in [0.1, 0.15) is 5.69 Å². The monoisotopic (exact) mass is 333 g/mol. The van der Waals surface area contributed by atoms with Crippen LogP contribution in [-0.2, 0) is 4.79 Å². The smallest absolute Gasteiger partial charge is 0.292 e. The van der Waals surface area contributed by atoms with Crippen molar-refractivity contribution in [3.63, 3.8) is 0 Å². The van der Waals surface area contributed by atoms with E-state index in [1.165, 1.54) is 6.07 Å². The van der Waals surface area contributed by atoms with E-state index in [9.17, 15) is 14.9 Å². The lowest BCUT2D eigenvalue weighted by Gasteiger charge is -2.08. The molecule has 0 saturated carbocycles. The summed E-state index contributed by atoms with van der Waals surface area (Å²) in [5.74, 6) is -0.150. The molecular formula is C16H16ClN3O3. The minimum Gasteiger partial charge on any atom is -0.379 e. The van der Waals surface area contributed by atoms with Gasteiger partial charge in [-0.2, -0.15) is 0 Å². The molecular weight excluding hydrogens is 318 g/mol. The molecule has 2 N–H and O–H groups in total. The van der Waals surface area contributed by atoms with Crippen molar-refractivity contribution < 1.29 is 9.72 Å². The fourth-order valence-electron chi connectivity index (χ4n) is 2.03. The van der Waals surface area contributed by atoms with Crippen molar-refractivity contribution in [2.45, 2.75) is 12.8 Å². The van der Waals surface area contributed by atoms with Crippen LogP contribution < -0.4 is 10.6 Å². The van der Waals surface area contributed by atoms with Gasteiger partial charge in [-0.15, -0.1) is 0 Å². The number of nitro groups is 1. The zero-order chi connectivity index (χ0) is 16.7. The maximum Gasteiger partial charge on any atom is 0.292 e. The molecule has 1 amide bonds. The van der Waals surface area contributed by atoms with E-state index >= 15 is 0 Å². The van der Waals surface area contributed by atoms with Crippen molar-refractivity contribution in [3.8, 4) is 0 Å². The van der Waals surface area contributed by atoms with Gasteiger partial charge in [-0.25, -0.2) is 0 Å². The molecule has 0 aromatic heterocycles. The summed E-state index contributed by atoms with van der Waals surface area (Å²) in [4.78, 5) is 22.3. The Kier molecular flexibility index (Phi) is 5.94. The Labute approximate surface area is 138 Å². The van der Waals surface area contributed by atoms with Gasteiger partial charge in [0.2, 0.25) is 5.91 Å². The minimum absolute atomic E-state index is 0.0213. The predicted molar refractivity (Wildman–Crippen MR) is 90.9 cm³/mol. The summed E-state index contributed by atoms with van der Waals surface area (Å²) in [6.45, 7) is 0.459. The maximum atomic E-state index is 11.8. The van der Waals surface area contributed by atoms with E-state index in [1.807, 2.05) is 0 Å². The van der Waals surface area contributed by atoms with Crippen LogP contribution in [0, 0.1) is 10.1 Å². The Bertz CT molecular complexity index is 706. The van der Waals surface area contributed by atoms with Crippen LogP contribution in [0.3, 0.4) is 0 Å². The molecule has 0 aliphatic carbocycles. The number of anilines is 2. The summed E-state index contributed by atoms with van der Waals surface area (Å²) < 4.78 is 0. The number of carbonyl (C=O) groups is 1. The van der Waals surface area contributed by atoms with Gasteiger partial charge in [-0.05, 0) is 24.6 Å². The van der Waals surface area contributed by atoms with Gasteiger partial charge in [0.05, 0.1) is 15.6 Å². The first kappa shape index (κ1) is 16.8. The highest BCUT2D eigenvalue weighted by molar-refractivity contribution is 6.33. The van der Waals surface area contributed by atoms with Gasteiger partial charge in [-0.1, -0.05) is 35.9 Å². The molecule has 23 heavy (non-hydrogen) atoms. The van der Waals surface area contributed by atoms with Crippen LogP contribution in [0.5, 0.6) is 0 Å². The molecule has 0 radical (unpaired) electrons. The third-order valence-electron chi connectivity index (χ3n) is 3.14. The molecule has 0 atom stereocenters. The number of nitrogens with zero attached hydrogens (tertiary/aromatic N) is 1. The van der Waals surface area contributed by atoms with Crippen LogP contribution in [0.1, 0.15) is 12.8 Å². The van der Waals surface area contributed by atoms with Gasteiger partial charge in [0.25, 0.3) is 5.69 Å². The van der Waals surface area contributed by atoms with Crippen LogP contribution in [0.15, 0.2) is 48.5 Å². The van der Waals surface area contributed by atoms with Crippen molar-refractivity contribution in [2.24, 2.45) is 0 Å². The molecule has 2 aromatic carbocycles. The van der Waals surface area contributed by atoms with E-state index in [0.717, 1.165) is 0 Å². The molecule has 120 valence electrons. The average molecular weight is 334 g/mol. The van der Waals surface area contributed by atoms with E-state index in [0.29, 0.717) is 35.8 Å². The lowest BCUT2D eigenvalue weighted by Crippen LogP contribution is -2.14. The normalized spacial score (nSPS) is 10.1. The van der Waals surface area contributed by atoms with E-state index in [-0.39, 0.29) is 11.6 Å². The quantitative estimate of drug-likeness (QED) is 0.454. The topological polar surface area (TPSA) is 84.3 Å². The first-order valence-corrected chi connectivity index (χ1v) is 7.47. The Morgan fingerprint density at radius 3 is 2.43 bits per heavy atom. The molecule has 7 heteroatoms. The first-order chi connectivity index (χ1) is 11.1. The van der Waals surface area contributed by atoms with Gasteiger partial charge in [-0.3, -0.25) is 14.9 Å². The Morgan fingerprint density at radius 1 is 1.09 bits per heavy atom. The Morgan fingerprint density at radius 2 is 1.74 bits per heavy atom. The number of halogens is 1. The number of amides is 1. The lowest BCUT2D eigenvalue weighted by atomic mass is 10.2. The van der Waals surface area contributed by atoms with Crippen LogP contribution in [0.25, 0.3) is 0 Å². The summed E-state index contributed by atoms with van der Waals surface area (Å²) in [7, 11) is 0. The van der Waals surface area contributed by atoms with Crippen LogP contribution >= 0.6 is 11.6 Å². The summed E-state index contributed by atoms with van der Waals surface area (Å²) >= 11 is 5.97. The molecule has 0 aliphatic rings. The second-order valence-electron chi connectivity index (χ2n) is 4.83. The van der Waals surface area contributed by atoms with Crippen molar-refractivity contribution in [2.75, 3.05) is 17.2 Å². The molecule has 2 aromatic rings. The molecule has 0 bridgehead atoms. The highest BCUT2D eigenvalue weighted by Crippen LogP contribution is 2.23. The molecule has 6 nitrogen and oxygen atoms in total. The number of rotatable bonds is 7. The van der Waals surface area contributed by atoms with Crippen LogP contribution in [0.4, 0.5) is 17.1 Å². The standard InChI is InChI=1S/C16H16ClN3O3/c17-12-6-1-2-7-13(12)19-16(21)10-5-11-18-14-8-3-4-9-15(14)20(22)23/h1-4,6-9,18H,5,10-11H2,(H,19,21). The van der Waals surface area contributed by atoms with E-state index in [1.54, 1.807) is 42.5 Å².